The largest absolute Gasteiger partial charge is 0.396 e. The predicted molar refractivity (Wildman–Crippen MR) is 58.1 cm³/mol. The molecule has 0 aliphatic carbocycles. The first kappa shape index (κ1) is 10.7. The average molecular weight is 198 g/mol. The smallest absolute Gasteiger partial charge is 0.0482 e. The minimum Gasteiger partial charge on any atom is -0.396 e. The summed E-state index contributed by atoms with van der Waals surface area (Å²) in [5.41, 5.74) is 1.52. The van der Waals surface area contributed by atoms with Crippen LogP contribution in [0.3, 0.4) is 0 Å². The first-order chi connectivity index (χ1) is 6.14. The molecule has 0 saturated heterocycles. The van der Waals surface area contributed by atoms with Gasteiger partial charge in [-0.25, -0.2) is 0 Å². The van der Waals surface area contributed by atoms with Crippen molar-refractivity contribution in [3.05, 3.63) is 22.4 Å². The lowest BCUT2D eigenvalue weighted by Gasteiger charge is -2.20. The zero-order chi connectivity index (χ0) is 9.73. The molecule has 1 nitrogen and oxygen atoms in total. The van der Waals surface area contributed by atoms with Crippen LogP contribution in [0.1, 0.15) is 32.3 Å². The van der Waals surface area contributed by atoms with Crippen molar-refractivity contribution in [3.63, 3.8) is 0 Å². The van der Waals surface area contributed by atoms with Gasteiger partial charge in [0.2, 0.25) is 0 Å². The molecule has 0 aliphatic rings. The fraction of sp³-hybridized carbons (Fsp3) is 0.636. The fourth-order valence-electron chi connectivity index (χ4n) is 1.29. The number of hydrogen-bond donors (Lipinski definition) is 1. The van der Waals surface area contributed by atoms with E-state index >= 15 is 0 Å². The van der Waals surface area contributed by atoms with Gasteiger partial charge in [0, 0.05) is 6.61 Å². The number of thiophene rings is 1. The minimum absolute atomic E-state index is 0.0933. The molecule has 1 aromatic rings. The van der Waals surface area contributed by atoms with Crippen molar-refractivity contribution in [3.8, 4) is 0 Å². The monoisotopic (exact) mass is 198 g/mol. The van der Waals surface area contributed by atoms with Gasteiger partial charge in [0.25, 0.3) is 0 Å². The van der Waals surface area contributed by atoms with Gasteiger partial charge in [-0.05, 0) is 47.1 Å². The van der Waals surface area contributed by atoms with Crippen molar-refractivity contribution < 1.29 is 5.11 Å². The Balaban J connectivity index is 2.21. The number of aryl methyl sites for hydroxylation is 1. The third-order valence-corrected chi connectivity index (χ3v) is 3.06. The molecule has 0 radical (unpaired) electrons. The summed E-state index contributed by atoms with van der Waals surface area (Å²) in [5.74, 6) is 0. The molecule has 2 heteroatoms. The summed E-state index contributed by atoms with van der Waals surface area (Å²) in [4.78, 5) is 0. The molecule has 0 unspecified atom stereocenters. The van der Waals surface area contributed by atoms with Crippen LogP contribution in [-0.2, 0) is 6.42 Å². The maximum absolute atomic E-state index is 9.05. The molecular formula is C11H18OS. The average Bonchev–Trinajstić information content (AvgIpc) is 2.57. The molecule has 0 bridgehead atoms. The molecule has 0 aromatic carbocycles. The summed E-state index contributed by atoms with van der Waals surface area (Å²) in [6, 6.07) is 2.18. The minimum atomic E-state index is 0.0933. The lowest BCUT2D eigenvalue weighted by atomic mass is 9.88. The van der Waals surface area contributed by atoms with E-state index in [0.717, 1.165) is 12.8 Å². The molecule has 1 rings (SSSR count). The van der Waals surface area contributed by atoms with Gasteiger partial charge in [-0.15, -0.1) is 0 Å². The second-order valence-corrected chi connectivity index (χ2v) is 5.09. The van der Waals surface area contributed by atoms with Crippen LogP contribution >= 0.6 is 11.3 Å². The summed E-state index contributed by atoms with van der Waals surface area (Å²) in [5, 5.41) is 13.4. The van der Waals surface area contributed by atoms with Crippen molar-refractivity contribution in [1.82, 2.24) is 0 Å². The van der Waals surface area contributed by atoms with E-state index < -0.39 is 0 Å². The van der Waals surface area contributed by atoms with Gasteiger partial charge >= 0.3 is 0 Å². The zero-order valence-corrected chi connectivity index (χ0v) is 9.23. The van der Waals surface area contributed by atoms with Crippen molar-refractivity contribution >= 4 is 11.3 Å². The van der Waals surface area contributed by atoms with Gasteiger partial charge in [0.05, 0.1) is 0 Å². The van der Waals surface area contributed by atoms with Gasteiger partial charge in [-0.3, -0.25) is 0 Å². The highest BCUT2D eigenvalue weighted by Gasteiger charge is 2.15. The lowest BCUT2D eigenvalue weighted by Crippen LogP contribution is -2.16. The summed E-state index contributed by atoms with van der Waals surface area (Å²) in [7, 11) is 0. The second-order valence-electron chi connectivity index (χ2n) is 4.31. The van der Waals surface area contributed by atoms with Crippen LogP contribution in [0.5, 0.6) is 0 Å². The first-order valence-electron chi connectivity index (χ1n) is 4.76. The Morgan fingerprint density at radius 2 is 2.23 bits per heavy atom. The first-order valence-corrected chi connectivity index (χ1v) is 5.70. The third-order valence-electron chi connectivity index (χ3n) is 2.33. The van der Waals surface area contributed by atoms with E-state index in [0.29, 0.717) is 0 Å². The highest BCUT2D eigenvalue weighted by molar-refractivity contribution is 7.07. The van der Waals surface area contributed by atoms with Crippen molar-refractivity contribution in [1.29, 1.82) is 0 Å². The zero-order valence-electron chi connectivity index (χ0n) is 8.42. The summed E-state index contributed by atoms with van der Waals surface area (Å²) < 4.78 is 0. The van der Waals surface area contributed by atoms with E-state index in [1.54, 1.807) is 11.3 Å². The lowest BCUT2D eigenvalue weighted by molar-refractivity contribution is 0.148. The Kier molecular flexibility index (Phi) is 3.94. The Hall–Kier alpha value is -0.340. The molecule has 0 atom stereocenters. The van der Waals surface area contributed by atoms with Gasteiger partial charge in [0.15, 0.2) is 0 Å². The predicted octanol–water partition coefficient (Wildman–Crippen LogP) is 3.09. The van der Waals surface area contributed by atoms with Crippen LogP contribution in [0.25, 0.3) is 0 Å². The SMILES string of the molecule is CC(C)(CO)CCCc1ccsc1. The topological polar surface area (TPSA) is 20.2 Å². The van der Waals surface area contributed by atoms with E-state index in [9.17, 15) is 0 Å². The Labute approximate surface area is 84.4 Å². The number of rotatable bonds is 5. The van der Waals surface area contributed by atoms with Crippen LogP contribution < -0.4 is 0 Å². The van der Waals surface area contributed by atoms with Crippen LogP contribution in [-0.4, -0.2) is 11.7 Å². The van der Waals surface area contributed by atoms with Crippen LogP contribution in [0.4, 0.5) is 0 Å². The third kappa shape index (κ3) is 3.92. The molecule has 0 aliphatic heterocycles. The van der Waals surface area contributed by atoms with Crippen molar-refractivity contribution in [2.75, 3.05) is 6.61 Å². The number of hydrogen-bond acceptors (Lipinski definition) is 2. The maximum Gasteiger partial charge on any atom is 0.0482 e. The van der Waals surface area contributed by atoms with Crippen LogP contribution in [0, 0.1) is 5.41 Å². The van der Waals surface area contributed by atoms with E-state index in [1.807, 2.05) is 0 Å². The van der Waals surface area contributed by atoms with Gasteiger partial charge in [0.1, 0.15) is 0 Å². The number of aliphatic hydroxyl groups excluding tert-OH is 1. The molecule has 74 valence electrons. The highest BCUT2D eigenvalue weighted by atomic mass is 32.1. The van der Waals surface area contributed by atoms with E-state index in [-0.39, 0.29) is 12.0 Å². The summed E-state index contributed by atoms with van der Waals surface area (Å²) in [6.45, 7) is 4.51. The van der Waals surface area contributed by atoms with E-state index in [2.05, 4.69) is 30.7 Å². The Morgan fingerprint density at radius 1 is 1.46 bits per heavy atom. The highest BCUT2D eigenvalue weighted by Crippen LogP contribution is 2.22. The summed E-state index contributed by atoms with van der Waals surface area (Å²) in [6.07, 6.45) is 3.41. The van der Waals surface area contributed by atoms with E-state index in [4.69, 9.17) is 5.11 Å². The number of aliphatic hydroxyl groups is 1. The maximum atomic E-state index is 9.05. The van der Waals surface area contributed by atoms with Crippen molar-refractivity contribution in [2.45, 2.75) is 33.1 Å². The van der Waals surface area contributed by atoms with Crippen molar-refractivity contribution in [2.24, 2.45) is 5.41 Å². The second kappa shape index (κ2) is 4.77. The molecule has 0 spiro atoms. The normalized spacial score (nSPS) is 11.9. The van der Waals surface area contributed by atoms with E-state index in [1.165, 1.54) is 12.0 Å². The fourth-order valence-corrected chi connectivity index (χ4v) is 1.99. The van der Waals surface area contributed by atoms with Gasteiger partial charge in [-0.1, -0.05) is 13.8 Å². The van der Waals surface area contributed by atoms with Gasteiger partial charge < -0.3 is 5.11 Å². The molecule has 1 N–H and O–H groups in total. The van der Waals surface area contributed by atoms with Gasteiger partial charge in [-0.2, -0.15) is 11.3 Å². The molecular weight excluding hydrogens is 180 g/mol. The molecule has 13 heavy (non-hydrogen) atoms. The Bertz CT molecular complexity index is 226. The van der Waals surface area contributed by atoms with Crippen LogP contribution in [0.2, 0.25) is 0 Å². The molecule has 0 amide bonds. The quantitative estimate of drug-likeness (QED) is 0.771. The standard InChI is InChI=1S/C11H18OS/c1-11(2,9-12)6-3-4-10-5-7-13-8-10/h5,7-8,12H,3-4,6,9H2,1-2H3. The molecule has 0 fully saturated rings. The molecule has 1 heterocycles. The summed E-state index contributed by atoms with van der Waals surface area (Å²) >= 11 is 1.75. The Morgan fingerprint density at radius 3 is 2.77 bits per heavy atom. The molecule has 0 saturated carbocycles. The van der Waals surface area contributed by atoms with Crippen LogP contribution in [0.15, 0.2) is 16.8 Å². The molecule has 1 aromatic heterocycles.